The third-order valence-electron chi connectivity index (χ3n) is 5.72. The molecule has 0 aliphatic carbocycles. The Morgan fingerprint density at radius 1 is 1.24 bits per heavy atom. The Labute approximate surface area is 195 Å². The molecule has 0 spiro atoms. The summed E-state index contributed by atoms with van der Waals surface area (Å²) in [5.74, 6) is 2.29. The van der Waals surface area contributed by atoms with Gasteiger partial charge in [-0.3, -0.25) is 4.79 Å². The molecule has 178 valence electrons. The third-order valence-corrected chi connectivity index (χ3v) is 5.72. The fraction of sp³-hybridized carbons (Fsp3) is 0.500. The lowest BCUT2D eigenvalue weighted by molar-refractivity contribution is -0.109. The number of hydrogen-bond acceptors (Lipinski definition) is 7. The molecule has 4 rings (SSSR count). The number of rotatable bonds is 7. The van der Waals surface area contributed by atoms with Crippen LogP contribution in [0.25, 0.3) is 10.9 Å². The SMILES string of the molecule is CCNC=O.COC1CCN(c2nccc(Nc3cc4c(cn3)c(C)cn4C(C)C)n2)CC1. The van der Waals surface area contributed by atoms with Crippen molar-refractivity contribution in [3.8, 4) is 0 Å². The second-order valence-electron chi connectivity index (χ2n) is 8.36. The van der Waals surface area contributed by atoms with Crippen LogP contribution < -0.4 is 15.5 Å². The van der Waals surface area contributed by atoms with E-state index in [-0.39, 0.29) is 0 Å². The minimum Gasteiger partial charge on any atom is -0.381 e. The molecule has 9 nitrogen and oxygen atoms in total. The maximum atomic E-state index is 9.29. The molecule has 1 fully saturated rings. The number of carbonyl (C=O) groups excluding carboxylic acids is 1. The first kappa shape index (κ1) is 24.4. The molecule has 0 bridgehead atoms. The molecule has 9 heteroatoms. The second kappa shape index (κ2) is 11.6. The first-order chi connectivity index (χ1) is 16.0. The van der Waals surface area contributed by atoms with E-state index in [0.29, 0.717) is 18.6 Å². The maximum absolute atomic E-state index is 9.29. The second-order valence-corrected chi connectivity index (χ2v) is 8.36. The van der Waals surface area contributed by atoms with E-state index in [1.165, 1.54) is 16.5 Å². The Balaban J connectivity index is 0.000000555. The molecule has 0 saturated carbocycles. The van der Waals surface area contributed by atoms with Crippen LogP contribution in [-0.2, 0) is 9.53 Å². The highest BCUT2D eigenvalue weighted by molar-refractivity contribution is 5.85. The van der Waals surface area contributed by atoms with Crippen LogP contribution in [0.4, 0.5) is 17.6 Å². The van der Waals surface area contributed by atoms with E-state index in [4.69, 9.17) is 9.72 Å². The zero-order chi connectivity index (χ0) is 23.8. The number of nitrogens with one attached hydrogen (secondary N) is 2. The average Bonchev–Trinajstić information content (AvgIpc) is 3.16. The minimum absolute atomic E-state index is 0.342. The number of carbonyl (C=O) groups is 1. The number of hydrogen-bond donors (Lipinski definition) is 2. The lowest BCUT2D eigenvalue weighted by Gasteiger charge is -2.31. The van der Waals surface area contributed by atoms with Gasteiger partial charge in [-0.05, 0) is 52.2 Å². The average molecular weight is 454 g/mol. The van der Waals surface area contributed by atoms with Gasteiger partial charge in [0.25, 0.3) is 0 Å². The van der Waals surface area contributed by atoms with Gasteiger partial charge in [0, 0.05) is 62.8 Å². The van der Waals surface area contributed by atoms with Crippen LogP contribution in [-0.4, -0.2) is 58.8 Å². The lowest BCUT2D eigenvalue weighted by Crippen LogP contribution is -2.37. The summed E-state index contributed by atoms with van der Waals surface area (Å²) in [5.41, 5.74) is 2.42. The van der Waals surface area contributed by atoms with Crippen molar-refractivity contribution in [2.24, 2.45) is 0 Å². The van der Waals surface area contributed by atoms with Crippen molar-refractivity contribution in [2.45, 2.75) is 52.7 Å². The van der Waals surface area contributed by atoms with E-state index in [1.54, 1.807) is 13.3 Å². The summed E-state index contributed by atoms with van der Waals surface area (Å²) < 4.78 is 7.73. The molecule has 0 radical (unpaired) electrons. The normalized spacial score (nSPS) is 14.2. The van der Waals surface area contributed by atoms with E-state index in [1.807, 2.05) is 19.2 Å². The van der Waals surface area contributed by atoms with Crippen LogP contribution >= 0.6 is 0 Å². The van der Waals surface area contributed by atoms with Crippen molar-refractivity contribution < 1.29 is 9.53 Å². The number of aromatic nitrogens is 4. The van der Waals surface area contributed by atoms with E-state index < -0.39 is 0 Å². The van der Waals surface area contributed by atoms with Crippen LogP contribution in [0.15, 0.2) is 30.7 Å². The van der Waals surface area contributed by atoms with Gasteiger partial charge in [0.1, 0.15) is 11.6 Å². The first-order valence-electron chi connectivity index (χ1n) is 11.5. The summed E-state index contributed by atoms with van der Waals surface area (Å²) in [7, 11) is 1.78. The number of ether oxygens (including phenoxy) is 1. The van der Waals surface area contributed by atoms with Crippen molar-refractivity contribution in [3.05, 3.63) is 36.3 Å². The smallest absolute Gasteiger partial charge is 0.227 e. The topological polar surface area (TPSA) is 97.2 Å². The van der Waals surface area contributed by atoms with Crippen LogP contribution in [0.2, 0.25) is 0 Å². The summed E-state index contributed by atoms with van der Waals surface area (Å²) in [6.07, 6.45) is 8.94. The van der Waals surface area contributed by atoms with Gasteiger partial charge in [0.05, 0.1) is 11.6 Å². The highest BCUT2D eigenvalue weighted by atomic mass is 16.5. The number of anilines is 3. The number of piperidine rings is 1. The zero-order valence-corrected chi connectivity index (χ0v) is 20.2. The van der Waals surface area contributed by atoms with Crippen molar-refractivity contribution in [2.75, 3.05) is 37.0 Å². The molecule has 0 atom stereocenters. The summed E-state index contributed by atoms with van der Waals surface area (Å²) >= 11 is 0. The number of nitrogens with zero attached hydrogens (tertiary/aromatic N) is 5. The largest absolute Gasteiger partial charge is 0.381 e. The predicted octanol–water partition coefficient (Wildman–Crippen LogP) is 3.83. The van der Waals surface area contributed by atoms with Crippen molar-refractivity contribution in [1.82, 2.24) is 24.8 Å². The van der Waals surface area contributed by atoms with Gasteiger partial charge in [0.15, 0.2) is 0 Å². The van der Waals surface area contributed by atoms with Crippen LogP contribution in [0.5, 0.6) is 0 Å². The van der Waals surface area contributed by atoms with E-state index in [0.717, 1.165) is 50.1 Å². The van der Waals surface area contributed by atoms with Crippen LogP contribution in [0.3, 0.4) is 0 Å². The zero-order valence-electron chi connectivity index (χ0n) is 20.2. The third kappa shape index (κ3) is 6.19. The van der Waals surface area contributed by atoms with Gasteiger partial charge >= 0.3 is 0 Å². The van der Waals surface area contributed by atoms with E-state index in [2.05, 4.69) is 63.1 Å². The van der Waals surface area contributed by atoms with E-state index in [9.17, 15) is 4.79 Å². The summed E-state index contributed by atoms with van der Waals surface area (Å²) in [6.45, 7) is 10.9. The van der Waals surface area contributed by atoms with Gasteiger partial charge in [0.2, 0.25) is 12.4 Å². The maximum Gasteiger partial charge on any atom is 0.227 e. The Morgan fingerprint density at radius 2 is 2.00 bits per heavy atom. The van der Waals surface area contributed by atoms with Gasteiger partial charge in [-0.15, -0.1) is 0 Å². The molecule has 0 unspecified atom stereocenters. The Hall–Kier alpha value is -3.20. The van der Waals surface area contributed by atoms with E-state index >= 15 is 0 Å². The molecule has 2 N–H and O–H groups in total. The molecule has 33 heavy (non-hydrogen) atoms. The molecule has 1 aliphatic rings. The minimum atomic E-state index is 0.342. The van der Waals surface area contributed by atoms with Crippen molar-refractivity contribution in [1.29, 1.82) is 0 Å². The standard InChI is InChI=1S/C21H28N6O.C3H7NO/c1-14(2)27-13-15(3)17-12-23-20(11-18(17)27)24-19-5-8-22-21(25-19)26-9-6-16(28-4)7-10-26;1-2-4-3-5/h5,8,11-14,16H,6-7,9-10H2,1-4H3,(H,22,23,24,25);3H,2H2,1H3,(H,4,5). The molecule has 3 aromatic heterocycles. The summed E-state index contributed by atoms with van der Waals surface area (Å²) in [6, 6.07) is 4.37. The molecule has 4 heterocycles. The molecule has 1 amide bonds. The predicted molar refractivity (Wildman–Crippen MR) is 132 cm³/mol. The fourth-order valence-corrected chi connectivity index (χ4v) is 3.88. The number of aryl methyl sites for hydroxylation is 1. The van der Waals surface area contributed by atoms with Crippen molar-refractivity contribution in [3.63, 3.8) is 0 Å². The van der Waals surface area contributed by atoms with Crippen molar-refractivity contribution >= 4 is 34.9 Å². The number of pyridine rings is 1. The highest BCUT2D eigenvalue weighted by Crippen LogP contribution is 2.27. The Morgan fingerprint density at radius 3 is 2.61 bits per heavy atom. The fourth-order valence-electron chi connectivity index (χ4n) is 3.88. The quantitative estimate of drug-likeness (QED) is 0.525. The van der Waals surface area contributed by atoms with Gasteiger partial charge < -0.3 is 24.8 Å². The molecular formula is C24H35N7O2. The molecule has 1 aliphatic heterocycles. The molecular weight excluding hydrogens is 418 g/mol. The molecule has 3 aromatic rings. The molecule has 1 saturated heterocycles. The van der Waals surface area contributed by atoms with Crippen LogP contribution in [0, 0.1) is 6.92 Å². The number of fused-ring (bicyclic) bond motifs is 1. The molecule has 0 aromatic carbocycles. The number of methoxy groups -OCH3 is 1. The lowest BCUT2D eigenvalue weighted by atomic mass is 10.1. The first-order valence-corrected chi connectivity index (χ1v) is 11.5. The monoisotopic (exact) mass is 453 g/mol. The van der Waals surface area contributed by atoms with Gasteiger partial charge in [-0.2, -0.15) is 4.98 Å². The number of amides is 1. The Kier molecular flexibility index (Phi) is 8.59. The summed E-state index contributed by atoms with van der Waals surface area (Å²) in [4.78, 5) is 25.2. The van der Waals surface area contributed by atoms with Gasteiger partial charge in [-0.25, -0.2) is 9.97 Å². The summed E-state index contributed by atoms with van der Waals surface area (Å²) in [5, 5.41) is 6.96. The Bertz CT molecular complexity index is 1040. The van der Waals surface area contributed by atoms with Crippen LogP contribution in [0.1, 0.15) is 45.2 Å². The van der Waals surface area contributed by atoms with Gasteiger partial charge in [-0.1, -0.05) is 0 Å². The highest BCUT2D eigenvalue weighted by Gasteiger charge is 2.20.